The first-order chi connectivity index (χ1) is 44.0. The molecule has 0 aliphatic rings. The number of phosphoric acid groups is 2. The molecule has 17 nitrogen and oxygen atoms in total. The van der Waals surface area contributed by atoms with Gasteiger partial charge in [0.15, 0.2) is 12.2 Å². The van der Waals surface area contributed by atoms with E-state index >= 15 is 0 Å². The van der Waals surface area contributed by atoms with Gasteiger partial charge >= 0.3 is 39.5 Å². The molecule has 0 spiro atoms. The number of unbranched alkanes of at least 4 members (excludes halogenated alkanes) is 44. The molecular formula is C72H140O17P2. The lowest BCUT2D eigenvalue weighted by Gasteiger charge is -2.21. The van der Waals surface area contributed by atoms with Crippen LogP contribution in [0.25, 0.3) is 0 Å². The first-order valence-corrected chi connectivity index (χ1v) is 40.6. The third-order valence-corrected chi connectivity index (χ3v) is 18.7. The van der Waals surface area contributed by atoms with Crippen LogP contribution in [0, 0.1) is 5.92 Å². The van der Waals surface area contributed by atoms with Gasteiger partial charge in [-0.25, -0.2) is 9.13 Å². The van der Waals surface area contributed by atoms with E-state index in [9.17, 15) is 43.2 Å². The SMILES string of the molecule is CCCCCCCCCCCCCCCC(=O)OC[C@H](COP(=O)(O)OC[C@@H](O)COP(=O)(O)OC[C@@H](COC(=O)CCCCCCCCCCC)OC(=O)CCCCCCCCCCCC)OC(=O)CCCCCCCCCCCCCCCCCCC(C)C. The van der Waals surface area contributed by atoms with Crippen LogP contribution < -0.4 is 0 Å². The van der Waals surface area contributed by atoms with E-state index in [1.807, 2.05) is 0 Å². The lowest BCUT2D eigenvalue weighted by atomic mass is 10.0. The van der Waals surface area contributed by atoms with Gasteiger partial charge in [0.2, 0.25) is 0 Å². The van der Waals surface area contributed by atoms with Crippen LogP contribution in [-0.2, 0) is 65.4 Å². The van der Waals surface area contributed by atoms with Gasteiger partial charge < -0.3 is 33.8 Å². The van der Waals surface area contributed by atoms with Gasteiger partial charge in [0.05, 0.1) is 26.4 Å². The second kappa shape index (κ2) is 65.4. The fourth-order valence-electron chi connectivity index (χ4n) is 11.0. The monoisotopic (exact) mass is 1340 g/mol. The molecule has 3 N–H and O–H groups in total. The molecule has 0 amide bonds. The van der Waals surface area contributed by atoms with Gasteiger partial charge in [-0.05, 0) is 31.6 Å². The standard InChI is InChI=1S/C72H140O17P2/c1-6-9-12-15-18-21-23-28-32-37-41-46-51-56-70(75)83-62-68(89-72(77)58-53-48-43-38-33-30-27-25-24-26-29-31-35-39-44-49-54-65(4)5)64-87-91(80,81)85-60-66(73)59-84-90(78,79)86-63-67(61-82-69(74)55-50-45-40-34-20-17-14-11-8-3)88-71(76)57-52-47-42-36-22-19-16-13-10-7-2/h65-68,73H,6-64H2,1-5H3,(H,78,79)(H,80,81)/t66-,67+,68+/m0/s1. The van der Waals surface area contributed by atoms with Crippen molar-refractivity contribution in [2.75, 3.05) is 39.6 Å². The van der Waals surface area contributed by atoms with E-state index in [0.717, 1.165) is 95.8 Å². The molecule has 5 atom stereocenters. The summed E-state index contributed by atoms with van der Waals surface area (Å²) in [5.41, 5.74) is 0. The van der Waals surface area contributed by atoms with E-state index < -0.39 is 97.5 Å². The molecule has 0 aromatic carbocycles. The van der Waals surface area contributed by atoms with Crippen LogP contribution >= 0.6 is 15.6 Å². The Hall–Kier alpha value is -1.94. The smallest absolute Gasteiger partial charge is 0.462 e. The third-order valence-electron chi connectivity index (χ3n) is 16.8. The minimum atomic E-state index is -4.95. The number of aliphatic hydroxyl groups is 1. The molecule has 0 rings (SSSR count). The summed E-state index contributed by atoms with van der Waals surface area (Å²) in [4.78, 5) is 72.5. The van der Waals surface area contributed by atoms with E-state index in [0.29, 0.717) is 25.7 Å². The fraction of sp³-hybridized carbons (Fsp3) is 0.944. The molecule has 0 bridgehead atoms. The maximum Gasteiger partial charge on any atom is 0.472 e. The molecule has 19 heteroatoms. The predicted octanol–water partition coefficient (Wildman–Crippen LogP) is 20.9. The second-order valence-electron chi connectivity index (χ2n) is 26.5. The Morgan fingerprint density at radius 1 is 0.297 bits per heavy atom. The van der Waals surface area contributed by atoms with Crippen LogP contribution in [0.2, 0.25) is 0 Å². The zero-order chi connectivity index (χ0) is 67.0. The van der Waals surface area contributed by atoms with Crippen molar-refractivity contribution in [3.8, 4) is 0 Å². The van der Waals surface area contributed by atoms with Crippen LogP contribution in [0.5, 0.6) is 0 Å². The van der Waals surface area contributed by atoms with E-state index in [1.54, 1.807) is 0 Å². The molecule has 0 saturated carbocycles. The van der Waals surface area contributed by atoms with Crippen molar-refractivity contribution in [3.63, 3.8) is 0 Å². The molecule has 91 heavy (non-hydrogen) atoms. The topological polar surface area (TPSA) is 237 Å². The minimum absolute atomic E-state index is 0.107. The maximum absolute atomic E-state index is 13.0. The van der Waals surface area contributed by atoms with E-state index in [1.165, 1.54) is 199 Å². The highest BCUT2D eigenvalue weighted by molar-refractivity contribution is 7.47. The highest BCUT2D eigenvalue weighted by Gasteiger charge is 2.30. The Morgan fingerprint density at radius 2 is 0.505 bits per heavy atom. The quantitative estimate of drug-likeness (QED) is 0.0222. The summed E-state index contributed by atoms with van der Waals surface area (Å²) in [5.74, 6) is -1.31. The molecule has 0 aromatic rings. The van der Waals surface area contributed by atoms with E-state index in [2.05, 4.69) is 34.6 Å². The first kappa shape index (κ1) is 89.1. The van der Waals surface area contributed by atoms with Crippen LogP contribution in [0.4, 0.5) is 0 Å². The van der Waals surface area contributed by atoms with Crippen molar-refractivity contribution in [1.29, 1.82) is 0 Å². The minimum Gasteiger partial charge on any atom is -0.462 e. The normalized spacial score (nSPS) is 14.0. The molecule has 0 saturated heterocycles. The van der Waals surface area contributed by atoms with Gasteiger partial charge in [0.25, 0.3) is 0 Å². The van der Waals surface area contributed by atoms with E-state index in [4.69, 9.17) is 37.0 Å². The predicted molar refractivity (Wildman–Crippen MR) is 368 cm³/mol. The van der Waals surface area contributed by atoms with Gasteiger partial charge in [0, 0.05) is 25.7 Å². The van der Waals surface area contributed by atoms with Crippen molar-refractivity contribution in [2.24, 2.45) is 5.92 Å². The average Bonchev–Trinajstić information content (AvgIpc) is 2.76. The molecular weight excluding hydrogens is 1200 g/mol. The molecule has 2 unspecified atom stereocenters. The Balaban J connectivity index is 5.19. The van der Waals surface area contributed by atoms with Crippen molar-refractivity contribution < 1.29 is 80.2 Å². The number of hydrogen-bond acceptors (Lipinski definition) is 15. The summed E-state index contributed by atoms with van der Waals surface area (Å²) < 4.78 is 68.3. The number of esters is 4. The van der Waals surface area contributed by atoms with Gasteiger partial charge in [-0.1, -0.05) is 324 Å². The first-order valence-electron chi connectivity index (χ1n) is 37.6. The Morgan fingerprint density at radius 3 is 0.747 bits per heavy atom. The molecule has 0 fully saturated rings. The van der Waals surface area contributed by atoms with E-state index in [-0.39, 0.29) is 25.7 Å². The van der Waals surface area contributed by atoms with Crippen molar-refractivity contribution >= 4 is 39.5 Å². The Kier molecular flexibility index (Phi) is 64.0. The average molecular weight is 1340 g/mol. The van der Waals surface area contributed by atoms with Crippen LogP contribution in [-0.4, -0.2) is 96.7 Å². The second-order valence-corrected chi connectivity index (χ2v) is 29.4. The van der Waals surface area contributed by atoms with Crippen LogP contribution in [0.3, 0.4) is 0 Å². The zero-order valence-electron chi connectivity index (χ0n) is 59.0. The molecule has 540 valence electrons. The van der Waals surface area contributed by atoms with Gasteiger partial charge in [-0.15, -0.1) is 0 Å². The summed E-state index contributed by atoms with van der Waals surface area (Å²) in [6, 6.07) is 0. The Bertz CT molecular complexity index is 1750. The largest absolute Gasteiger partial charge is 0.472 e. The number of carbonyl (C=O) groups excluding carboxylic acids is 4. The highest BCUT2D eigenvalue weighted by atomic mass is 31.2. The lowest BCUT2D eigenvalue weighted by Crippen LogP contribution is -2.30. The van der Waals surface area contributed by atoms with Crippen molar-refractivity contribution in [3.05, 3.63) is 0 Å². The summed E-state index contributed by atoms with van der Waals surface area (Å²) in [6.45, 7) is 7.27. The van der Waals surface area contributed by atoms with Gasteiger partial charge in [-0.2, -0.15) is 0 Å². The maximum atomic E-state index is 13.0. The molecule has 0 aromatic heterocycles. The highest BCUT2D eigenvalue weighted by Crippen LogP contribution is 2.45. The third kappa shape index (κ3) is 66.5. The lowest BCUT2D eigenvalue weighted by molar-refractivity contribution is -0.161. The number of carbonyl (C=O) groups is 4. The summed E-state index contributed by atoms with van der Waals surface area (Å²) in [5, 5.41) is 10.6. The molecule has 0 heterocycles. The van der Waals surface area contributed by atoms with Crippen LogP contribution in [0.1, 0.15) is 375 Å². The molecule has 0 aliphatic carbocycles. The van der Waals surface area contributed by atoms with Crippen molar-refractivity contribution in [1.82, 2.24) is 0 Å². The molecule has 0 radical (unpaired) electrons. The fourth-order valence-corrected chi connectivity index (χ4v) is 12.6. The van der Waals surface area contributed by atoms with Gasteiger partial charge in [-0.3, -0.25) is 37.3 Å². The van der Waals surface area contributed by atoms with Crippen molar-refractivity contribution in [2.45, 2.75) is 393 Å². The van der Waals surface area contributed by atoms with Crippen LogP contribution in [0.15, 0.2) is 0 Å². The number of aliphatic hydroxyl groups excluding tert-OH is 1. The summed E-state index contributed by atoms with van der Waals surface area (Å²) >= 11 is 0. The molecule has 0 aliphatic heterocycles. The van der Waals surface area contributed by atoms with Gasteiger partial charge in [0.1, 0.15) is 19.3 Å². The zero-order valence-corrected chi connectivity index (χ0v) is 60.8. The number of hydrogen-bond donors (Lipinski definition) is 3. The number of phosphoric ester groups is 2. The number of rotatable bonds is 72. The summed E-state index contributed by atoms with van der Waals surface area (Å²) in [7, 11) is -9.90. The Labute approximate surface area is 556 Å². The number of ether oxygens (including phenoxy) is 4. The summed E-state index contributed by atoms with van der Waals surface area (Å²) in [6.07, 6.45) is 52.7.